The number of carbonyl (C=O) groups excluding carboxylic acids is 1. The molecule has 0 heterocycles. The number of benzene rings is 1. The molecule has 0 saturated carbocycles. The van der Waals surface area contributed by atoms with Crippen LogP contribution in [0.15, 0.2) is 24.3 Å². The van der Waals surface area contributed by atoms with Gasteiger partial charge in [-0.15, -0.1) is 0 Å². The first kappa shape index (κ1) is 21.9. The number of rotatable bonds is 4. The summed E-state index contributed by atoms with van der Waals surface area (Å²) in [5.41, 5.74) is 6.05. The number of aromatic hydroxyl groups is 1. The normalized spacial score (nSPS) is 11.7. The van der Waals surface area contributed by atoms with Crippen LogP contribution in [0.5, 0.6) is 5.75 Å². The molecule has 0 unspecified atom stereocenters. The second-order valence-electron chi connectivity index (χ2n) is 3.38. The van der Waals surface area contributed by atoms with Gasteiger partial charge in [0.25, 0.3) is 0 Å². The van der Waals surface area contributed by atoms with E-state index in [-0.39, 0.29) is 74.1 Å². The van der Waals surface area contributed by atoms with E-state index in [4.69, 9.17) is 20.6 Å². The molecule has 1 atom stereocenters. The fraction of sp³-hybridized carbons (Fsp3) is 0.222. The Bertz CT molecular complexity index is 458. The van der Waals surface area contributed by atoms with Crippen molar-refractivity contribution in [2.24, 2.45) is 5.73 Å². The molecule has 19 heavy (non-hydrogen) atoms. The standard InChI is InChI=1S/C9H12NO6P.2Na.2H/c10-8(9(12)16-17(13,14)15)5-6-1-3-7(11)4-2-6;;;;/h1-4,8,11H,5,10H2,(H2,13,14,15);;;;/q;2*+1;2*-1/t8-;;;;/m0..../s1. The molecule has 0 radical (unpaired) electrons. The summed E-state index contributed by atoms with van der Waals surface area (Å²) in [6.45, 7) is 0. The molecule has 1 aromatic carbocycles. The van der Waals surface area contributed by atoms with Crippen molar-refractivity contribution < 1.29 is 90.7 Å². The van der Waals surface area contributed by atoms with E-state index in [0.29, 0.717) is 5.56 Å². The van der Waals surface area contributed by atoms with Crippen LogP contribution in [0.25, 0.3) is 0 Å². The molecule has 10 heteroatoms. The maximum atomic E-state index is 11.1. The Balaban J connectivity index is -0.000000361. The number of phenolic OH excluding ortho intramolecular Hbond substituents is 1. The molecule has 1 aromatic rings. The van der Waals surface area contributed by atoms with Crippen molar-refractivity contribution in [1.82, 2.24) is 0 Å². The number of phosphoric acid groups is 1. The number of hydrogen-bond donors (Lipinski definition) is 4. The summed E-state index contributed by atoms with van der Waals surface area (Å²) in [6.07, 6.45) is 0.0547. The Hall–Kier alpha value is 0.600. The summed E-state index contributed by atoms with van der Waals surface area (Å²) in [7, 11) is -4.86. The van der Waals surface area contributed by atoms with Gasteiger partial charge in [0.1, 0.15) is 11.8 Å². The van der Waals surface area contributed by atoms with Crippen LogP contribution < -0.4 is 64.8 Å². The molecule has 1 rings (SSSR count). The van der Waals surface area contributed by atoms with Gasteiger partial charge in [-0.2, -0.15) is 0 Å². The number of phosphoric ester groups is 1. The molecule has 0 aliphatic heterocycles. The van der Waals surface area contributed by atoms with E-state index in [1.807, 2.05) is 0 Å². The maximum absolute atomic E-state index is 11.1. The predicted octanol–water partition coefficient (Wildman–Crippen LogP) is -5.87. The molecular weight excluding hydrogens is 295 g/mol. The predicted molar refractivity (Wildman–Crippen MR) is 60.1 cm³/mol. The van der Waals surface area contributed by atoms with E-state index < -0.39 is 19.8 Å². The van der Waals surface area contributed by atoms with Gasteiger partial charge in [0.2, 0.25) is 0 Å². The van der Waals surface area contributed by atoms with Gasteiger partial charge in [0, 0.05) is 0 Å². The first-order valence-electron chi connectivity index (χ1n) is 4.60. The molecular formula is C9H14NNa2O6P. The quantitative estimate of drug-likeness (QED) is 0.322. The van der Waals surface area contributed by atoms with E-state index in [1.54, 1.807) is 12.1 Å². The van der Waals surface area contributed by atoms with Crippen molar-refractivity contribution in [2.45, 2.75) is 12.5 Å². The monoisotopic (exact) mass is 309 g/mol. The third kappa shape index (κ3) is 9.20. The molecule has 98 valence electrons. The molecule has 0 fully saturated rings. The largest absolute Gasteiger partial charge is 1.00 e. The van der Waals surface area contributed by atoms with Crippen LogP contribution in [-0.2, 0) is 20.3 Å². The topological polar surface area (TPSA) is 130 Å². The Labute approximate surface area is 157 Å². The summed E-state index contributed by atoms with van der Waals surface area (Å²) in [5, 5.41) is 9.03. The zero-order valence-electron chi connectivity index (χ0n) is 12.7. The van der Waals surface area contributed by atoms with E-state index in [1.165, 1.54) is 12.1 Å². The van der Waals surface area contributed by atoms with Gasteiger partial charge in [-0.05, 0) is 24.1 Å². The Kier molecular flexibility index (Phi) is 11.0. The van der Waals surface area contributed by atoms with Gasteiger partial charge in [-0.25, -0.2) is 9.36 Å². The average molecular weight is 309 g/mol. The van der Waals surface area contributed by atoms with Gasteiger partial charge in [0.05, 0.1) is 0 Å². The SMILES string of the molecule is N[C@@H](Cc1ccc(O)cc1)C(=O)OP(=O)(O)O.[H-].[H-].[Na+].[Na+]. The van der Waals surface area contributed by atoms with Crippen LogP contribution in [-0.4, -0.2) is 26.9 Å². The zero-order chi connectivity index (χ0) is 13.1. The third-order valence-corrected chi connectivity index (χ3v) is 2.32. The summed E-state index contributed by atoms with van der Waals surface area (Å²) >= 11 is 0. The Morgan fingerprint density at radius 2 is 1.79 bits per heavy atom. The molecule has 0 aliphatic rings. The molecule has 0 amide bonds. The second kappa shape index (κ2) is 9.52. The minimum Gasteiger partial charge on any atom is -1.00 e. The zero-order valence-corrected chi connectivity index (χ0v) is 15.6. The van der Waals surface area contributed by atoms with Crippen molar-refractivity contribution in [3.8, 4) is 5.75 Å². The number of carbonyl (C=O) groups is 1. The minimum atomic E-state index is -4.86. The number of hydrogen-bond acceptors (Lipinski definition) is 5. The molecule has 0 spiro atoms. The van der Waals surface area contributed by atoms with Crippen molar-refractivity contribution in [3.63, 3.8) is 0 Å². The van der Waals surface area contributed by atoms with E-state index in [0.717, 1.165) is 0 Å². The van der Waals surface area contributed by atoms with Gasteiger partial charge in [0.15, 0.2) is 0 Å². The smallest absolute Gasteiger partial charge is 1.00 e. The number of nitrogens with two attached hydrogens (primary N) is 1. The second-order valence-corrected chi connectivity index (χ2v) is 4.54. The molecule has 5 N–H and O–H groups in total. The number of phenols is 1. The van der Waals surface area contributed by atoms with Gasteiger partial charge in [-0.3, -0.25) is 9.79 Å². The van der Waals surface area contributed by atoms with Crippen molar-refractivity contribution in [3.05, 3.63) is 29.8 Å². The maximum Gasteiger partial charge on any atom is 1.00 e. The van der Waals surface area contributed by atoms with E-state index in [9.17, 15) is 9.36 Å². The third-order valence-electron chi connectivity index (χ3n) is 1.90. The van der Waals surface area contributed by atoms with Crippen LogP contribution in [0.1, 0.15) is 8.42 Å². The Morgan fingerprint density at radius 1 is 1.32 bits per heavy atom. The van der Waals surface area contributed by atoms with Crippen LogP contribution in [0.2, 0.25) is 0 Å². The fourth-order valence-electron chi connectivity index (χ4n) is 1.15. The van der Waals surface area contributed by atoms with Crippen molar-refractivity contribution in [1.29, 1.82) is 0 Å². The van der Waals surface area contributed by atoms with Crippen LogP contribution in [0.4, 0.5) is 0 Å². The summed E-state index contributed by atoms with van der Waals surface area (Å²) in [5.74, 6) is -1.11. The van der Waals surface area contributed by atoms with E-state index >= 15 is 0 Å². The molecule has 0 aliphatic carbocycles. The van der Waals surface area contributed by atoms with Gasteiger partial charge >= 0.3 is 72.9 Å². The molecule has 0 bridgehead atoms. The molecule has 0 saturated heterocycles. The van der Waals surface area contributed by atoms with Crippen LogP contribution in [0, 0.1) is 0 Å². The van der Waals surface area contributed by atoms with Gasteiger partial charge < -0.3 is 18.2 Å². The molecule has 7 nitrogen and oxygen atoms in total. The van der Waals surface area contributed by atoms with Crippen LogP contribution in [0.3, 0.4) is 0 Å². The molecule has 0 aromatic heterocycles. The van der Waals surface area contributed by atoms with Crippen LogP contribution >= 0.6 is 7.82 Å². The summed E-state index contributed by atoms with van der Waals surface area (Å²) in [6, 6.07) is 4.74. The first-order chi connectivity index (χ1) is 7.78. The summed E-state index contributed by atoms with van der Waals surface area (Å²) in [4.78, 5) is 28.0. The Morgan fingerprint density at radius 3 is 2.21 bits per heavy atom. The van der Waals surface area contributed by atoms with E-state index in [2.05, 4.69) is 4.52 Å². The van der Waals surface area contributed by atoms with Gasteiger partial charge in [-0.1, -0.05) is 12.1 Å². The summed E-state index contributed by atoms with van der Waals surface area (Å²) < 4.78 is 14.3. The first-order valence-corrected chi connectivity index (χ1v) is 6.13. The van der Waals surface area contributed by atoms with Crippen molar-refractivity contribution in [2.75, 3.05) is 0 Å². The average Bonchev–Trinajstić information content (AvgIpc) is 2.19. The van der Waals surface area contributed by atoms with Crippen molar-refractivity contribution >= 4 is 13.8 Å². The fourth-order valence-corrected chi connectivity index (χ4v) is 1.52. The minimum absolute atomic E-state index is 0.